The van der Waals surface area contributed by atoms with Crippen LogP contribution in [0.2, 0.25) is 0 Å². The lowest BCUT2D eigenvalue weighted by Crippen LogP contribution is -2.40. The van der Waals surface area contributed by atoms with Gasteiger partial charge in [0.15, 0.2) is 5.13 Å². The lowest BCUT2D eigenvalue weighted by Gasteiger charge is -2.19. The number of amides is 1. The molecule has 1 heterocycles. The molecule has 0 radical (unpaired) electrons. The number of aliphatic hydroxyl groups is 1. The fraction of sp³-hybridized carbons (Fsp3) is 0.304. The van der Waals surface area contributed by atoms with Crippen molar-refractivity contribution in [1.29, 1.82) is 0 Å². The van der Waals surface area contributed by atoms with Gasteiger partial charge in [-0.3, -0.25) is 14.8 Å². The average molecular weight is 488 g/mol. The Balaban J connectivity index is 1.61. The number of aromatic hydroxyl groups is 1. The average Bonchev–Trinajstić information content (AvgIpc) is 3.36. The Bertz CT molecular complexity index is 1290. The van der Waals surface area contributed by atoms with Crippen molar-refractivity contribution < 1.29 is 23.4 Å². The Morgan fingerprint density at radius 1 is 1.09 bits per heavy atom. The van der Waals surface area contributed by atoms with E-state index >= 15 is 0 Å². The summed E-state index contributed by atoms with van der Waals surface area (Å²) in [7, 11) is -3.88. The van der Waals surface area contributed by atoms with Gasteiger partial charge in [-0.25, -0.2) is 13.4 Å². The largest absolute Gasteiger partial charge is 0.508 e. The molecule has 1 saturated carbocycles. The molecule has 174 valence electrons. The number of aryl methyl sites for hydroxylation is 2. The molecule has 1 aliphatic rings. The number of rotatable bonds is 6. The third-order valence-corrected chi connectivity index (χ3v) is 8.38. The van der Waals surface area contributed by atoms with Crippen LogP contribution in [0.15, 0.2) is 47.4 Å². The zero-order chi connectivity index (χ0) is 23.8. The van der Waals surface area contributed by atoms with Crippen molar-refractivity contribution in [1.82, 2.24) is 4.98 Å². The first-order valence-electron chi connectivity index (χ1n) is 10.5. The molecular formula is C23H25N3O5S2. The Morgan fingerprint density at radius 2 is 1.76 bits per heavy atom. The summed E-state index contributed by atoms with van der Waals surface area (Å²) >= 11 is 1.23. The zero-order valence-electron chi connectivity index (χ0n) is 18.3. The highest BCUT2D eigenvalue weighted by atomic mass is 32.2. The van der Waals surface area contributed by atoms with Crippen molar-refractivity contribution in [2.75, 3.05) is 10.0 Å². The number of sulfonamides is 1. The van der Waals surface area contributed by atoms with Crippen LogP contribution < -0.4 is 10.0 Å². The first-order chi connectivity index (χ1) is 15.6. The van der Waals surface area contributed by atoms with Crippen LogP contribution >= 0.6 is 11.3 Å². The molecule has 1 aliphatic carbocycles. The molecule has 0 bridgehead atoms. The number of nitrogens with one attached hydrogen (secondary N) is 2. The van der Waals surface area contributed by atoms with Gasteiger partial charge in [0, 0.05) is 5.69 Å². The molecule has 1 amide bonds. The highest BCUT2D eigenvalue weighted by molar-refractivity contribution is 7.92. The van der Waals surface area contributed by atoms with Crippen molar-refractivity contribution in [3.63, 3.8) is 0 Å². The normalized spacial score (nSPS) is 15.4. The molecule has 0 spiro atoms. The number of phenols is 1. The van der Waals surface area contributed by atoms with Gasteiger partial charge in [0.2, 0.25) is 0 Å². The van der Waals surface area contributed by atoms with Crippen LogP contribution in [0.5, 0.6) is 5.75 Å². The summed E-state index contributed by atoms with van der Waals surface area (Å²) < 4.78 is 28.6. The maximum atomic E-state index is 13.0. The van der Waals surface area contributed by atoms with Crippen LogP contribution in [0.25, 0.3) is 10.4 Å². The van der Waals surface area contributed by atoms with Crippen LogP contribution in [-0.2, 0) is 14.8 Å². The molecule has 3 aromatic rings. The van der Waals surface area contributed by atoms with Crippen LogP contribution in [0, 0.1) is 13.8 Å². The van der Waals surface area contributed by atoms with E-state index in [4.69, 9.17) is 0 Å². The van der Waals surface area contributed by atoms with Gasteiger partial charge in [0.1, 0.15) is 11.4 Å². The maximum Gasteiger partial charge on any atom is 0.262 e. The first kappa shape index (κ1) is 23.2. The van der Waals surface area contributed by atoms with E-state index in [9.17, 15) is 23.4 Å². The number of nitrogens with zero attached hydrogens (tertiary/aromatic N) is 1. The Labute approximate surface area is 196 Å². The third kappa shape index (κ3) is 4.87. The van der Waals surface area contributed by atoms with Gasteiger partial charge in [0.05, 0.1) is 15.5 Å². The minimum atomic E-state index is -3.88. The molecule has 0 saturated heterocycles. The maximum absolute atomic E-state index is 13.0. The molecule has 0 aliphatic heterocycles. The fourth-order valence-electron chi connectivity index (χ4n) is 3.89. The summed E-state index contributed by atoms with van der Waals surface area (Å²) in [6, 6.07) is 10.9. The highest BCUT2D eigenvalue weighted by Crippen LogP contribution is 2.36. The van der Waals surface area contributed by atoms with Crippen LogP contribution in [-0.4, -0.2) is 35.1 Å². The number of hydrogen-bond donors (Lipinski definition) is 4. The van der Waals surface area contributed by atoms with Crippen molar-refractivity contribution in [3.8, 4) is 16.2 Å². The molecule has 0 unspecified atom stereocenters. The van der Waals surface area contributed by atoms with Gasteiger partial charge in [0.25, 0.3) is 15.9 Å². The summed E-state index contributed by atoms with van der Waals surface area (Å²) in [5.41, 5.74) is 0.852. The minimum Gasteiger partial charge on any atom is -0.508 e. The number of benzene rings is 2. The van der Waals surface area contributed by atoms with E-state index in [-0.39, 0.29) is 10.6 Å². The predicted molar refractivity (Wildman–Crippen MR) is 128 cm³/mol. The van der Waals surface area contributed by atoms with Gasteiger partial charge >= 0.3 is 0 Å². The van der Waals surface area contributed by atoms with Crippen molar-refractivity contribution in [2.24, 2.45) is 0 Å². The van der Waals surface area contributed by atoms with Gasteiger partial charge in [-0.15, -0.1) is 0 Å². The van der Waals surface area contributed by atoms with Crippen molar-refractivity contribution >= 4 is 38.1 Å². The van der Waals surface area contributed by atoms with Gasteiger partial charge < -0.3 is 10.2 Å². The molecule has 4 rings (SSSR count). The molecular weight excluding hydrogens is 462 g/mol. The zero-order valence-corrected chi connectivity index (χ0v) is 19.9. The predicted octanol–water partition coefficient (Wildman–Crippen LogP) is 4.18. The second kappa shape index (κ2) is 8.77. The van der Waals surface area contributed by atoms with E-state index < -0.39 is 21.5 Å². The molecule has 1 aromatic heterocycles. The third-order valence-electron chi connectivity index (χ3n) is 5.73. The topological polar surface area (TPSA) is 129 Å². The first-order valence-corrected chi connectivity index (χ1v) is 12.8. The number of anilines is 2. The molecule has 10 heteroatoms. The highest BCUT2D eigenvalue weighted by Gasteiger charge is 2.39. The standard InChI is InChI=1S/C23H25N3O5S2/c1-14-5-6-16(13-19(14)33(30,31)26-17-7-9-18(27)10-8-17)20-15(2)24-22(32-20)25-21(28)23(29)11-3-4-12-23/h5-10,13,26-27,29H,3-4,11-12H2,1-2H3,(H,24,25,28). The summed E-state index contributed by atoms with van der Waals surface area (Å²) in [5.74, 6) is -0.412. The van der Waals surface area contributed by atoms with Crippen molar-refractivity contribution in [2.45, 2.75) is 50.0 Å². The molecule has 2 aromatic carbocycles. The van der Waals surface area contributed by atoms with Crippen LogP contribution in [0.3, 0.4) is 0 Å². The van der Waals surface area contributed by atoms with Gasteiger partial charge in [-0.05, 0) is 81.0 Å². The van der Waals surface area contributed by atoms with Crippen molar-refractivity contribution in [3.05, 3.63) is 53.7 Å². The monoisotopic (exact) mass is 487 g/mol. The number of carbonyl (C=O) groups excluding carboxylic acids is 1. The lowest BCUT2D eigenvalue weighted by molar-refractivity contribution is -0.133. The SMILES string of the molecule is Cc1ccc(-c2sc(NC(=O)C3(O)CCCC3)nc2C)cc1S(=O)(=O)Nc1ccc(O)cc1. The van der Waals surface area contributed by atoms with Crippen LogP contribution in [0.1, 0.15) is 36.9 Å². The second-order valence-corrected chi connectivity index (χ2v) is 10.9. The summed E-state index contributed by atoms with van der Waals surface area (Å²) in [4.78, 5) is 17.8. The van der Waals surface area contributed by atoms with E-state index in [1.54, 1.807) is 26.0 Å². The van der Waals surface area contributed by atoms with Gasteiger partial charge in [-0.1, -0.05) is 23.5 Å². The van der Waals surface area contributed by atoms with E-state index in [0.29, 0.717) is 40.5 Å². The molecule has 8 nitrogen and oxygen atoms in total. The number of thiazole rings is 1. The molecule has 1 fully saturated rings. The summed E-state index contributed by atoms with van der Waals surface area (Å²) in [6.07, 6.45) is 2.49. The second-order valence-electron chi connectivity index (χ2n) is 8.26. The summed E-state index contributed by atoms with van der Waals surface area (Å²) in [5, 5.41) is 23.0. The molecule has 33 heavy (non-hydrogen) atoms. The van der Waals surface area contributed by atoms with Gasteiger partial charge in [-0.2, -0.15) is 0 Å². The molecule has 0 atom stereocenters. The minimum absolute atomic E-state index is 0.0414. The Morgan fingerprint density at radius 3 is 2.42 bits per heavy atom. The quantitative estimate of drug-likeness (QED) is 0.386. The van der Waals surface area contributed by atoms with E-state index in [0.717, 1.165) is 17.7 Å². The molecule has 4 N–H and O–H groups in total. The van der Waals surface area contributed by atoms with E-state index in [1.807, 2.05) is 6.07 Å². The van der Waals surface area contributed by atoms with E-state index in [1.165, 1.54) is 35.6 Å². The van der Waals surface area contributed by atoms with Crippen LogP contribution in [0.4, 0.5) is 10.8 Å². The number of carbonyl (C=O) groups is 1. The lowest BCUT2D eigenvalue weighted by atomic mass is 10.0. The summed E-state index contributed by atoms with van der Waals surface area (Å²) in [6.45, 7) is 3.50. The number of phenolic OH excluding ortho intramolecular Hbond substituents is 1. The Hall–Kier alpha value is -2.95. The smallest absolute Gasteiger partial charge is 0.262 e. The number of aromatic nitrogens is 1. The fourth-order valence-corrected chi connectivity index (χ4v) is 6.18. The van der Waals surface area contributed by atoms with E-state index in [2.05, 4.69) is 15.0 Å². The number of hydrogen-bond acceptors (Lipinski definition) is 7. The Kier molecular flexibility index (Phi) is 6.17.